The molecule has 1 aromatic heterocycles. The Hall–Kier alpha value is -4.79. The fraction of sp³-hybridized carbons (Fsp3) is 0.258. The second-order valence-electron chi connectivity index (χ2n) is 9.69. The van der Waals surface area contributed by atoms with E-state index in [0.717, 1.165) is 28.1 Å². The van der Waals surface area contributed by atoms with Crippen molar-refractivity contribution < 1.29 is 19.1 Å². The van der Waals surface area contributed by atoms with Crippen LogP contribution in [0, 0.1) is 13.8 Å². The van der Waals surface area contributed by atoms with Gasteiger partial charge in [0.05, 0.1) is 31.3 Å². The summed E-state index contributed by atoms with van der Waals surface area (Å²) in [4.78, 5) is 28.3. The molecular formula is C31H35N5O4. The van der Waals surface area contributed by atoms with E-state index in [4.69, 9.17) is 14.6 Å². The zero-order valence-corrected chi connectivity index (χ0v) is 23.7. The third kappa shape index (κ3) is 6.26. The molecule has 40 heavy (non-hydrogen) atoms. The number of hydrogen-bond donors (Lipinski definition) is 2. The zero-order chi connectivity index (χ0) is 28.8. The monoisotopic (exact) mass is 541 g/mol. The van der Waals surface area contributed by atoms with Crippen LogP contribution in [0.3, 0.4) is 0 Å². The van der Waals surface area contributed by atoms with Crippen molar-refractivity contribution in [3.8, 4) is 28.3 Å². The van der Waals surface area contributed by atoms with Gasteiger partial charge in [-0.2, -0.15) is 5.10 Å². The largest absolute Gasteiger partial charge is 0.497 e. The van der Waals surface area contributed by atoms with Crippen LogP contribution in [0.1, 0.15) is 25.1 Å². The van der Waals surface area contributed by atoms with Gasteiger partial charge in [0.25, 0.3) is 0 Å². The minimum atomic E-state index is -0.430. The first-order valence-corrected chi connectivity index (χ1v) is 13.0. The summed E-state index contributed by atoms with van der Waals surface area (Å²) < 4.78 is 12.4. The molecule has 0 aliphatic heterocycles. The van der Waals surface area contributed by atoms with E-state index in [1.54, 1.807) is 30.0 Å². The van der Waals surface area contributed by atoms with E-state index in [1.807, 2.05) is 82.3 Å². The Labute approximate surface area is 234 Å². The number of nitrogens with zero attached hydrogens (tertiary/aromatic N) is 3. The molecule has 0 aliphatic rings. The summed E-state index contributed by atoms with van der Waals surface area (Å²) in [6.45, 7) is 7.47. The van der Waals surface area contributed by atoms with Gasteiger partial charge in [-0.1, -0.05) is 48.0 Å². The normalized spacial score (nSPS) is 10.8. The molecule has 3 aromatic carbocycles. The molecule has 9 heteroatoms. The molecule has 4 aromatic rings. The van der Waals surface area contributed by atoms with Crippen LogP contribution in [0.4, 0.5) is 16.3 Å². The fourth-order valence-corrected chi connectivity index (χ4v) is 4.37. The third-order valence-electron chi connectivity index (χ3n) is 6.51. The lowest BCUT2D eigenvalue weighted by Gasteiger charge is -2.27. The lowest BCUT2D eigenvalue weighted by molar-refractivity contribution is -0.117. The third-order valence-corrected chi connectivity index (χ3v) is 6.51. The van der Waals surface area contributed by atoms with Gasteiger partial charge >= 0.3 is 6.03 Å². The Kier molecular flexibility index (Phi) is 8.73. The van der Waals surface area contributed by atoms with Crippen LogP contribution in [-0.4, -0.2) is 53.4 Å². The standard InChI is InChI=1S/C31H35N5O4/c1-20(2)35(31(38)32-26-17-16-25(39-5)18-27(26)40-6)19-28(37)33-30-29(23-10-8-7-9-11-23)22(4)34-36(30)24-14-12-21(3)13-15-24/h7-18,20H,19H2,1-6H3,(H,32,38)(H,33,37). The average Bonchev–Trinajstić information content (AvgIpc) is 3.27. The van der Waals surface area contributed by atoms with E-state index >= 15 is 0 Å². The second kappa shape index (κ2) is 12.4. The van der Waals surface area contributed by atoms with Gasteiger partial charge in [0.15, 0.2) is 0 Å². The van der Waals surface area contributed by atoms with E-state index in [9.17, 15) is 9.59 Å². The van der Waals surface area contributed by atoms with Gasteiger partial charge in [0.1, 0.15) is 23.9 Å². The highest BCUT2D eigenvalue weighted by Gasteiger charge is 2.25. The Balaban J connectivity index is 1.62. The van der Waals surface area contributed by atoms with Crippen LogP contribution in [0.15, 0.2) is 72.8 Å². The molecule has 208 valence electrons. The predicted octanol–water partition coefficient (Wildman–Crippen LogP) is 6.05. The highest BCUT2D eigenvalue weighted by atomic mass is 16.5. The van der Waals surface area contributed by atoms with Gasteiger partial charge in [-0.15, -0.1) is 0 Å². The molecule has 0 atom stereocenters. The number of ether oxygens (including phenoxy) is 2. The number of nitrogens with one attached hydrogen (secondary N) is 2. The van der Waals surface area contributed by atoms with Crippen molar-refractivity contribution in [2.24, 2.45) is 0 Å². The number of aromatic nitrogens is 2. The van der Waals surface area contributed by atoms with Gasteiger partial charge < -0.3 is 25.0 Å². The maximum Gasteiger partial charge on any atom is 0.322 e. The fourth-order valence-electron chi connectivity index (χ4n) is 4.37. The first-order chi connectivity index (χ1) is 19.2. The predicted molar refractivity (Wildman–Crippen MR) is 158 cm³/mol. The van der Waals surface area contributed by atoms with Crippen LogP contribution in [-0.2, 0) is 4.79 Å². The van der Waals surface area contributed by atoms with E-state index in [1.165, 1.54) is 12.0 Å². The molecule has 3 amide bonds. The van der Waals surface area contributed by atoms with E-state index in [-0.39, 0.29) is 18.5 Å². The number of amides is 3. The number of anilines is 2. The van der Waals surface area contributed by atoms with Crippen molar-refractivity contribution in [3.05, 3.63) is 84.1 Å². The van der Waals surface area contributed by atoms with Crippen molar-refractivity contribution in [2.75, 3.05) is 31.4 Å². The summed E-state index contributed by atoms with van der Waals surface area (Å²) in [5.74, 6) is 1.24. The Morgan fingerprint density at radius 3 is 2.25 bits per heavy atom. The number of hydrogen-bond acceptors (Lipinski definition) is 5. The molecule has 0 fully saturated rings. The highest BCUT2D eigenvalue weighted by Crippen LogP contribution is 2.34. The van der Waals surface area contributed by atoms with Crippen molar-refractivity contribution in [1.82, 2.24) is 14.7 Å². The number of benzene rings is 3. The number of carbonyl (C=O) groups excluding carboxylic acids is 2. The Morgan fingerprint density at radius 1 is 0.925 bits per heavy atom. The summed E-state index contributed by atoms with van der Waals surface area (Å²) in [7, 11) is 3.07. The maximum absolute atomic E-state index is 13.5. The van der Waals surface area contributed by atoms with E-state index in [0.29, 0.717) is 23.0 Å². The molecule has 0 saturated carbocycles. The van der Waals surface area contributed by atoms with Gasteiger partial charge in [-0.25, -0.2) is 9.48 Å². The molecule has 0 saturated heterocycles. The van der Waals surface area contributed by atoms with Crippen LogP contribution >= 0.6 is 0 Å². The highest BCUT2D eigenvalue weighted by molar-refractivity contribution is 5.99. The van der Waals surface area contributed by atoms with Crippen molar-refractivity contribution in [3.63, 3.8) is 0 Å². The Morgan fingerprint density at radius 2 is 1.62 bits per heavy atom. The summed E-state index contributed by atoms with van der Waals surface area (Å²) >= 11 is 0. The molecule has 0 spiro atoms. The lowest BCUT2D eigenvalue weighted by Crippen LogP contribution is -2.44. The smallest absolute Gasteiger partial charge is 0.322 e. The number of rotatable bonds is 9. The van der Waals surface area contributed by atoms with Crippen LogP contribution in [0.25, 0.3) is 16.8 Å². The van der Waals surface area contributed by atoms with E-state index < -0.39 is 6.03 Å². The van der Waals surface area contributed by atoms with Gasteiger partial charge in [0.2, 0.25) is 5.91 Å². The van der Waals surface area contributed by atoms with Gasteiger partial charge in [-0.05, 0) is 57.5 Å². The molecule has 0 unspecified atom stereocenters. The minimum Gasteiger partial charge on any atom is -0.497 e. The number of aryl methyl sites for hydroxylation is 2. The summed E-state index contributed by atoms with van der Waals surface area (Å²) in [6, 6.07) is 22.1. The summed E-state index contributed by atoms with van der Waals surface area (Å²) in [5, 5.41) is 10.7. The molecular weight excluding hydrogens is 506 g/mol. The van der Waals surface area contributed by atoms with Crippen LogP contribution in [0.5, 0.6) is 11.5 Å². The lowest BCUT2D eigenvalue weighted by atomic mass is 10.1. The summed E-state index contributed by atoms with van der Waals surface area (Å²) in [5.41, 5.74) is 4.92. The zero-order valence-electron chi connectivity index (χ0n) is 23.7. The number of urea groups is 1. The Bertz CT molecular complexity index is 1480. The maximum atomic E-state index is 13.5. The summed E-state index contributed by atoms with van der Waals surface area (Å²) in [6.07, 6.45) is 0. The molecule has 1 heterocycles. The molecule has 4 rings (SSSR count). The first kappa shape index (κ1) is 28.2. The SMILES string of the molecule is COc1ccc(NC(=O)N(CC(=O)Nc2c(-c3ccccc3)c(C)nn2-c2ccc(C)cc2)C(C)C)c(OC)c1. The number of methoxy groups -OCH3 is 2. The molecule has 0 bridgehead atoms. The average molecular weight is 542 g/mol. The van der Waals surface area contributed by atoms with Crippen molar-refractivity contribution in [1.29, 1.82) is 0 Å². The quantitative estimate of drug-likeness (QED) is 0.269. The number of carbonyl (C=O) groups is 2. The molecule has 0 radical (unpaired) electrons. The molecule has 0 aliphatic carbocycles. The minimum absolute atomic E-state index is 0.172. The second-order valence-corrected chi connectivity index (χ2v) is 9.69. The van der Waals surface area contributed by atoms with E-state index in [2.05, 4.69) is 10.6 Å². The topological polar surface area (TPSA) is 97.7 Å². The van der Waals surface area contributed by atoms with Crippen LogP contribution in [0.2, 0.25) is 0 Å². The van der Waals surface area contributed by atoms with Crippen molar-refractivity contribution in [2.45, 2.75) is 33.7 Å². The van der Waals surface area contributed by atoms with Gasteiger partial charge in [-0.3, -0.25) is 4.79 Å². The molecule has 9 nitrogen and oxygen atoms in total. The van der Waals surface area contributed by atoms with Crippen LogP contribution < -0.4 is 20.1 Å². The van der Waals surface area contributed by atoms with Crippen molar-refractivity contribution >= 4 is 23.4 Å². The first-order valence-electron chi connectivity index (χ1n) is 13.0. The molecule has 2 N–H and O–H groups in total. The van der Waals surface area contributed by atoms with Gasteiger partial charge in [0, 0.05) is 17.7 Å².